The maximum atomic E-state index is 13.2. The summed E-state index contributed by atoms with van der Waals surface area (Å²) in [5.74, 6) is -0.901. The summed E-state index contributed by atoms with van der Waals surface area (Å²) in [6.07, 6.45) is -0.138. The van der Waals surface area contributed by atoms with Gasteiger partial charge in [0.1, 0.15) is 11.6 Å². The quantitative estimate of drug-likeness (QED) is 0.858. The third kappa shape index (κ3) is 3.48. The number of benzene rings is 1. The van der Waals surface area contributed by atoms with Crippen molar-refractivity contribution in [3.63, 3.8) is 0 Å². The molecule has 0 saturated carbocycles. The maximum Gasteiger partial charge on any atom is 0.126 e. The fourth-order valence-electron chi connectivity index (χ4n) is 2.07. The topological polar surface area (TPSA) is 21.3 Å². The summed E-state index contributed by atoms with van der Waals surface area (Å²) in [5, 5.41) is 3.05. The number of hydrogen-bond donors (Lipinski definition) is 1. The van der Waals surface area contributed by atoms with Crippen LogP contribution in [0.4, 0.5) is 8.78 Å². The van der Waals surface area contributed by atoms with Crippen molar-refractivity contribution in [1.82, 2.24) is 5.32 Å². The van der Waals surface area contributed by atoms with Crippen LogP contribution in [0.2, 0.25) is 0 Å². The molecular weight excluding hydrogens is 224 g/mol. The van der Waals surface area contributed by atoms with Crippen LogP contribution in [0.15, 0.2) is 18.2 Å². The van der Waals surface area contributed by atoms with E-state index in [0.29, 0.717) is 5.56 Å². The van der Waals surface area contributed by atoms with E-state index < -0.39 is 11.6 Å². The Bertz CT molecular complexity index is 348. The van der Waals surface area contributed by atoms with Crippen LogP contribution >= 0.6 is 0 Å². The van der Waals surface area contributed by atoms with Crippen molar-refractivity contribution in [2.75, 3.05) is 14.2 Å². The minimum Gasteiger partial charge on any atom is -0.379 e. The molecule has 0 saturated heterocycles. The first-order chi connectivity index (χ1) is 7.99. The number of methoxy groups -OCH3 is 1. The lowest BCUT2D eigenvalue weighted by Gasteiger charge is -2.29. The highest BCUT2D eigenvalue weighted by Gasteiger charge is 2.25. The Morgan fingerprint density at radius 2 is 1.65 bits per heavy atom. The summed E-state index contributed by atoms with van der Waals surface area (Å²) in [6, 6.07) is 3.30. The molecule has 2 atom stereocenters. The van der Waals surface area contributed by atoms with Gasteiger partial charge in [0.15, 0.2) is 0 Å². The zero-order valence-corrected chi connectivity index (χ0v) is 10.6. The lowest BCUT2D eigenvalue weighted by Crippen LogP contribution is -2.34. The summed E-state index contributed by atoms with van der Waals surface area (Å²) in [4.78, 5) is 0. The number of rotatable bonds is 5. The van der Waals surface area contributed by atoms with Crippen molar-refractivity contribution in [3.8, 4) is 0 Å². The first-order valence-corrected chi connectivity index (χ1v) is 5.65. The summed E-state index contributed by atoms with van der Waals surface area (Å²) in [5.41, 5.74) is 0.561. The molecule has 2 unspecified atom stereocenters. The molecule has 17 heavy (non-hydrogen) atoms. The molecule has 1 N–H and O–H groups in total. The molecule has 0 amide bonds. The van der Waals surface area contributed by atoms with Gasteiger partial charge in [-0.15, -0.1) is 0 Å². The van der Waals surface area contributed by atoms with Crippen LogP contribution in [0.3, 0.4) is 0 Å². The molecule has 0 aliphatic rings. The first-order valence-electron chi connectivity index (χ1n) is 5.65. The second kappa shape index (κ2) is 6.07. The Morgan fingerprint density at radius 1 is 1.12 bits per heavy atom. The van der Waals surface area contributed by atoms with Crippen molar-refractivity contribution in [2.24, 2.45) is 5.92 Å². The van der Waals surface area contributed by atoms with Gasteiger partial charge in [0.2, 0.25) is 0 Å². The molecule has 0 aliphatic heterocycles. The van der Waals surface area contributed by atoms with Crippen LogP contribution in [-0.2, 0) is 4.74 Å². The van der Waals surface area contributed by atoms with E-state index in [1.54, 1.807) is 14.2 Å². The molecule has 0 radical (unpaired) electrons. The van der Waals surface area contributed by atoms with Crippen LogP contribution in [0, 0.1) is 17.6 Å². The highest BCUT2D eigenvalue weighted by Crippen LogP contribution is 2.25. The molecule has 1 aromatic rings. The molecular formula is C13H19F2NO. The van der Waals surface area contributed by atoms with Crippen LogP contribution in [-0.4, -0.2) is 20.3 Å². The zero-order chi connectivity index (χ0) is 13.0. The Labute approximate surface area is 101 Å². The molecule has 0 bridgehead atoms. The standard InChI is InChI=1S/C13H19F2NO/c1-8(2)13(17-4)12(16-3)9-5-10(14)7-11(15)6-9/h5-8,12-13,16H,1-4H3. The smallest absolute Gasteiger partial charge is 0.126 e. The van der Waals surface area contributed by atoms with E-state index in [2.05, 4.69) is 5.32 Å². The fraction of sp³-hybridized carbons (Fsp3) is 0.538. The number of hydrogen-bond acceptors (Lipinski definition) is 2. The second-order valence-electron chi connectivity index (χ2n) is 4.41. The van der Waals surface area contributed by atoms with Crippen molar-refractivity contribution < 1.29 is 13.5 Å². The van der Waals surface area contributed by atoms with Gasteiger partial charge in [-0.1, -0.05) is 13.8 Å². The number of ether oxygens (including phenoxy) is 1. The van der Waals surface area contributed by atoms with Gasteiger partial charge in [0.05, 0.1) is 12.1 Å². The summed E-state index contributed by atoms with van der Waals surface area (Å²) in [6.45, 7) is 4.02. The lowest BCUT2D eigenvalue weighted by atomic mass is 9.93. The molecule has 96 valence electrons. The highest BCUT2D eigenvalue weighted by atomic mass is 19.1. The molecule has 0 heterocycles. The molecule has 0 aromatic heterocycles. The molecule has 0 aliphatic carbocycles. The van der Waals surface area contributed by atoms with Gasteiger partial charge < -0.3 is 10.1 Å². The maximum absolute atomic E-state index is 13.2. The van der Waals surface area contributed by atoms with Crippen LogP contribution in [0.1, 0.15) is 25.5 Å². The van der Waals surface area contributed by atoms with E-state index in [4.69, 9.17) is 4.74 Å². The van der Waals surface area contributed by atoms with Gasteiger partial charge in [-0.05, 0) is 30.7 Å². The predicted octanol–water partition coefficient (Wildman–Crippen LogP) is 2.90. The summed E-state index contributed by atoms with van der Waals surface area (Å²) >= 11 is 0. The van der Waals surface area contributed by atoms with E-state index in [9.17, 15) is 8.78 Å². The molecule has 2 nitrogen and oxygen atoms in total. The van der Waals surface area contributed by atoms with Gasteiger partial charge in [-0.3, -0.25) is 0 Å². The summed E-state index contributed by atoms with van der Waals surface area (Å²) in [7, 11) is 3.35. The highest BCUT2D eigenvalue weighted by molar-refractivity contribution is 5.22. The Hall–Kier alpha value is -1.00. The van der Waals surface area contributed by atoms with Gasteiger partial charge in [-0.25, -0.2) is 8.78 Å². The number of nitrogens with one attached hydrogen (secondary N) is 1. The van der Waals surface area contributed by atoms with Crippen molar-refractivity contribution in [1.29, 1.82) is 0 Å². The minimum atomic E-state index is -0.571. The Morgan fingerprint density at radius 3 is 2.00 bits per heavy atom. The third-order valence-electron chi connectivity index (χ3n) is 2.81. The van der Waals surface area contributed by atoms with Crippen LogP contribution in [0.25, 0.3) is 0 Å². The lowest BCUT2D eigenvalue weighted by molar-refractivity contribution is 0.0347. The first kappa shape index (κ1) is 14.1. The molecule has 0 spiro atoms. The number of halogens is 2. The van der Waals surface area contributed by atoms with Crippen molar-refractivity contribution >= 4 is 0 Å². The average molecular weight is 243 g/mol. The fourth-order valence-corrected chi connectivity index (χ4v) is 2.07. The normalized spacial score (nSPS) is 15.0. The van der Waals surface area contributed by atoms with Crippen LogP contribution in [0.5, 0.6) is 0 Å². The predicted molar refractivity (Wildman–Crippen MR) is 63.8 cm³/mol. The molecule has 1 aromatic carbocycles. The van der Waals surface area contributed by atoms with E-state index in [-0.39, 0.29) is 18.1 Å². The van der Waals surface area contributed by atoms with Crippen molar-refractivity contribution in [3.05, 3.63) is 35.4 Å². The van der Waals surface area contributed by atoms with Crippen LogP contribution < -0.4 is 5.32 Å². The molecule has 4 heteroatoms. The van der Waals surface area contributed by atoms with E-state index >= 15 is 0 Å². The number of likely N-dealkylation sites (N-methyl/N-ethyl adjacent to an activating group) is 1. The van der Waals surface area contributed by atoms with Gasteiger partial charge in [0.25, 0.3) is 0 Å². The van der Waals surface area contributed by atoms with Crippen molar-refractivity contribution in [2.45, 2.75) is 26.0 Å². The molecule has 0 fully saturated rings. The Kier molecular flexibility index (Phi) is 5.02. The van der Waals surface area contributed by atoms with Gasteiger partial charge >= 0.3 is 0 Å². The SMILES string of the molecule is CNC(c1cc(F)cc(F)c1)C(OC)C(C)C. The Balaban J connectivity index is 3.07. The third-order valence-corrected chi connectivity index (χ3v) is 2.81. The minimum absolute atomic E-state index is 0.138. The largest absolute Gasteiger partial charge is 0.379 e. The monoisotopic (exact) mass is 243 g/mol. The molecule has 1 rings (SSSR count). The second-order valence-corrected chi connectivity index (χ2v) is 4.41. The van der Waals surface area contributed by atoms with E-state index in [0.717, 1.165) is 6.07 Å². The van der Waals surface area contributed by atoms with E-state index in [1.807, 2.05) is 13.8 Å². The summed E-state index contributed by atoms with van der Waals surface area (Å²) < 4.78 is 31.8. The van der Waals surface area contributed by atoms with Gasteiger partial charge in [0, 0.05) is 13.2 Å². The zero-order valence-electron chi connectivity index (χ0n) is 10.6. The average Bonchev–Trinajstić information content (AvgIpc) is 2.23. The van der Waals surface area contributed by atoms with Gasteiger partial charge in [-0.2, -0.15) is 0 Å². The van der Waals surface area contributed by atoms with E-state index in [1.165, 1.54) is 12.1 Å².